The maximum atomic E-state index is 13.2. The number of fused-ring (bicyclic) bond motifs is 5. The van der Waals surface area contributed by atoms with E-state index in [2.05, 4.69) is 10.2 Å². The molecule has 0 N–H and O–H groups in total. The lowest BCUT2D eigenvalue weighted by Crippen LogP contribution is -2.44. The molecule has 5 rings (SSSR count). The molecule has 0 spiro atoms. The van der Waals surface area contributed by atoms with Crippen molar-refractivity contribution in [2.24, 2.45) is 22.1 Å². The van der Waals surface area contributed by atoms with Gasteiger partial charge in [-0.3, -0.25) is 14.4 Å². The predicted octanol–water partition coefficient (Wildman–Crippen LogP) is 3.48. The highest BCUT2D eigenvalue weighted by Gasteiger charge is 2.68. The number of hydrogen-bond donors (Lipinski definition) is 0. The summed E-state index contributed by atoms with van der Waals surface area (Å²) in [6, 6.07) is 16.1. The predicted molar refractivity (Wildman–Crippen MR) is 110 cm³/mol. The van der Waals surface area contributed by atoms with E-state index in [1.54, 1.807) is 36.4 Å². The van der Waals surface area contributed by atoms with Crippen LogP contribution in [0.1, 0.15) is 6.92 Å². The van der Waals surface area contributed by atoms with E-state index in [0.717, 1.165) is 5.69 Å². The summed E-state index contributed by atoms with van der Waals surface area (Å²) >= 11 is 0. The minimum Gasteiger partial charge on any atom is -0.462 e. The fourth-order valence-corrected chi connectivity index (χ4v) is 4.42. The first-order valence-corrected chi connectivity index (χ1v) is 9.94. The van der Waals surface area contributed by atoms with Crippen LogP contribution in [0, 0.1) is 11.8 Å². The van der Waals surface area contributed by atoms with Gasteiger partial charge in [0.15, 0.2) is 0 Å². The lowest BCUT2D eigenvalue weighted by Gasteiger charge is -2.28. The number of rotatable bonds is 5. The molecule has 2 bridgehead atoms. The minimum atomic E-state index is -1.09. The first-order chi connectivity index (χ1) is 15.0. The van der Waals surface area contributed by atoms with E-state index in [1.165, 1.54) is 11.8 Å². The minimum absolute atomic E-state index is 0.0951. The fourth-order valence-electron chi connectivity index (χ4n) is 4.42. The van der Waals surface area contributed by atoms with Gasteiger partial charge in [0.05, 0.1) is 35.0 Å². The van der Waals surface area contributed by atoms with Crippen molar-refractivity contribution >= 4 is 34.8 Å². The van der Waals surface area contributed by atoms with Gasteiger partial charge in [0, 0.05) is 6.92 Å². The van der Waals surface area contributed by atoms with Crippen molar-refractivity contribution in [3.8, 4) is 0 Å². The summed E-state index contributed by atoms with van der Waals surface area (Å²) in [5, 5.41) is 8.35. The Labute approximate surface area is 178 Å². The third kappa shape index (κ3) is 3.16. The summed E-state index contributed by atoms with van der Waals surface area (Å²) in [4.78, 5) is 38.8. The van der Waals surface area contributed by atoms with Gasteiger partial charge in [0.1, 0.15) is 12.2 Å². The molecule has 0 aromatic heterocycles. The van der Waals surface area contributed by atoms with E-state index >= 15 is 0 Å². The number of anilines is 1. The van der Waals surface area contributed by atoms with E-state index in [9.17, 15) is 14.4 Å². The lowest BCUT2D eigenvalue weighted by molar-refractivity contribution is -0.150. The summed E-state index contributed by atoms with van der Waals surface area (Å²) < 4.78 is 11.0. The highest BCUT2D eigenvalue weighted by molar-refractivity contribution is 6.23. The Bertz CT molecular complexity index is 1110. The molecule has 2 saturated heterocycles. The van der Waals surface area contributed by atoms with Gasteiger partial charge < -0.3 is 9.47 Å². The first-order valence-electron chi connectivity index (χ1n) is 9.94. The van der Waals surface area contributed by atoms with Crippen LogP contribution in [-0.4, -0.2) is 36.1 Å². The van der Waals surface area contributed by atoms with Gasteiger partial charge >= 0.3 is 5.97 Å². The molecule has 8 nitrogen and oxygen atoms in total. The van der Waals surface area contributed by atoms with Crippen molar-refractivity contribution < 1.29 is 23.9 Å². The molecule has 31 heavy (non-hydrogen) atoms. The number of benzene rings is 2. The van der Waals surface area contributed by atoms with Crippen LogP contribution in [0.15, 0.2) is 77.0 Å². The first kappa shape index (κ1) is 19.3. The van der Waals surface area contributed by atoms with Gasteiger partial charge in [-0.1, -0.05) is 24.3 Å². The van der Waals surface area contributed by atoms with Crippen molar-refractivity contribution in [1.29, 1.82) is 0 Å². The van der Waals surface area contributed by atoms with Gasteiger partial charge in [-0.05, 0) is 42.5 Å². The molecular formula is C23H19N3O5. The number of nitrogens with zero attached hydrogens (tertiary/aromatic N) is 3. The van der Waals surface area contributed by atoms with Crippen molar-refractivity contribution in [1.82, 2.24) is 0 Å². The van der Waals surface area contributed by atoms with Crippen LogP contribution in [-0.2, 0) is 23.9 Å². The molecule has 0 aliphatic carbocycles. The number of carbonyl (C=O) groups is 3. The van der Waals surface area contributed by atoms with Crippen LogP contribution in [0.5, 0.6) is 0 Å². The highest BCUT2D eigenvalue weighted by atomic mass is 16.6. The quantitative estimate of drug-likeness (QED) is 0.321. The Morgan fingerprint density at radius 3 is 2.39 bits per heavy atom. The Balaban J connectivity index is 1.37. The van der Waals surface area contributed by atoms with Crippen molar-refractivity contribution in [3.05, 3.63) is 66.7 Å². The van der Waals surface area contributed by atoms with Crippen LogP contribution >= 0.6 is 0 Å². The number of amides is 2. The topological polar surface area (TPSA) is 97.6 Å². The zero-order valence-electron chi connectivity index (χ0n) is 16.7. The molecular weight excluding hydrogens is 398 g/mol. The third-order valence-corrected chi connectivity index (χ3v) is 5.80. The summed E-state index contributed by atoms with van der Waals surface area (Å²) in [7, 11) is 0. The van der Waals surface area contributed by atoms with Crippen molar-refractivity contribution in [3.63, 3.8) is 0 Å². The summed E-state index contributed by atoms with van der Waals surface area (Å²) in [5.74, 6) is -2.47. The SMILES string of the molecule is CC(=O)OC[C@@]12C=C[C@@H](O1)[C@@H]1C(=O)N(c3ccc(N=Nc4ccccc4)cc3)C(=O)[C@@H]12. The van der Waals surface area contributed by atoms with Crippen molar-refractivity contribution in [2.45, 2.75) is 18.6 Å². The van der Waals surface area contributed by atoms with Crippen LogP contribution in [0.3, 0.4) is 0 Å². The van der Waals surface area contributed by atoms with E-state index in [4.69, 9.17) is 9.47 Å². The third-order valence-electron chi connectivity index (χ3n) is 5.80. The van der Waals surface area contributed by atoms with Gasteiger partial charge in [0.2, 0.25) is 11.8 Å². The Kier molecular flexibility index (Phi) is 4.51. The zero-order valence-corrected chi connectivity index (χ0v) is 16.7. The molecule has 3 heterocycles. The van der Waals surface area contributed by atoms with E-state index in [1.807, 2.05) is 30.3 Å². The van der Waals surface area contributed by atoms with E-state index in [-0.39, 0.29) is 18.4 Å². The molecule has 156 valence electrons. The number of imide groups is 1. The van der Waals surface area contributed by atoms with Crippen molar-refractivity contribution in [2.75, 3.05) is 11.5 Å². The maximum Gasteiger partial charge on any atom is 0.302 e. The number of azo groups is 1. The summed E-state index contributed by atoms with van der Waals surface area (Å²) in [6.45, 7) is 1.20. The Morgan fingerprint density at radius 1 is 1.03 bits per heavy atom. The standard InChI is InChI=1S/C23H19N3O5/c1-14(27)30-13-23-12-11-18(31-23)19-20(23)22(29)26(21(19)28)17-9-7-16(8-10-17)25-24-15-5-3-2-4-6-15/h2-12,18-20H,13H2,1H3/t18-,19+,20-,23-/m1/s1. The van der Waals surface area contributed by atoms with Gasteiger partial charge in [-0.2, -0.15) is 10.2 Å². The molecule has 4 atom stereocenters. The molecule has 0 saturated carbocycles. The monoisotopic (exact) mass is 417 g/mol. The second kappa shape index (κ2) is 7.24. The van der Waals surface area contributed by atoms with Gasteiger partial charge in [-0.15, -0.1) is 0 Å². The highest BCUT2D eigenvalue weighted by Crippen LogP contribution is 2.52. The van der Waals surface area contributed by atoms with Crippen LogP contribution < -0.4 is 4.90 Å². The normalized spacial score (nSPS) is 28.5. The summed E-state index contributed by atoms with van der Waals surface area (Å²) in [5.41, 5.74) is 0.700. The second-order valence-electron chi connectivity index (χ2n) is 7.74. The number of esters is 1. The smallest absolute Gasteiger partial charge is 0.302 e. The second-order valence-corrected chi connectivity index (χ2v) is 7.74. The average molecular weight is 417 g/mol. The largest absolute Gasteiger partial charge is 0.462 e. The number of carbonyl (C=O) groups excluding carboxylic acids is 3. The van der Waals surface area contributed by atoms with Gasteiger partial charge in [-0.25, -0.2) is 4.90 Å². The zero-order chi connectivity index (χ0) is 21.6. The Morgan fingerprint density at radius 2 is 1.71 bits per heavy atom. The Hall–Kier alpha value is -3.65. The van der Waals surface area contributed by atoms with Crippen LogP contribution in [0.2, 0.25) is 0 Å². The maximum absolute atomic E-state index is 13.2. The molecule has 2 fully saturated rings. The van der Waals surface area contributed by atoms with E-state index in [0.29, 0.717) is 11.4 Å². The number of ether oxygens (including phenoxy) is 2. The van der Waals surface area contributed by atoms with Crippen LogP contribution in [0.25, 0.3) is 0 Å². The average Bonchev–Trinajstić information content (AvgIpc) is 3.42. The summed E-state index contributed by atoms with van der Waals surface area (Å²) in [6.07, 6.45) is 3.01. The molecule has 3 aliphatic rings. The molecule has 8 heteroatoms. The molecule has 0 radical (unpaired) electrons. The number of hydrogen-bond acceptors (Lipinski definition) is 7. The lowest BCUT2D eigenvalue weighted by atomic mass is 9.77. The molecule has 2 amide bonds. The molecule has 2 aromatic carbocycles. The molecule has 2 aromatic rings. The fraction of sp³-hybridized carbons (Fsp3) is 0.261. The van der Waals surface area contributed by atoms with Gasteiger partial charge in [0.25, 0.3) is 0 Å². The molecule has 3 aliphatic heterocycles. The molecule has 0 unspecified atom stereocenters. The van der Waals surface area contributed by atoms with E-state index < -0.39 is 29.5 Å². The van der Waals surface area contributed by atoms with Crippen LogP contribution in [0.4, 0.5) is 17.1 Å².